The van der Waals surface area contributed by atoms with E-state index in [-0.39, 0.29) is 5.69 Å². The van der Waals surface area contributed by atoms with Crippen molar-refractivity contribution < 1.29 is 41.1 Å². The van der Waals surface area contributed by atoms with E-state index in [1.165, 1.54) is 27.7 Å². The second-order valence-corrected chi connectivity index (χ2v) is 9.58. The number of amides is 4. The SMILES string of the molecule is Cc1cc(C(F)(F)F)cc(N2C(=O)N(C(=O)OC(C)(C)C)CC2C(=O)N(C)c2ccc(F)c(Cl)c2F)n1. The Kier molecular flexibility index (Phi) is 7.42. The first-order valence-corrected chi connectivity index (χ1v) is 11.1. The lowest BCUT2D eigenvalue weighted by Gasteiger charge is -2.27. The van der Waals surface area contributed by atoms with Crippen LogP contribution in [0.1, 0.15) is 32.0 Å². The number of carbonyl (C=O) groups is 3. The first-order chi connectivity index (χ1) is 16.9. The molecule has 4 amide bonds. The van der Waals surface area contributed by atoms with Gasteiger partial charge in [-0.2, -0.15) is 13.2 Å². The molecule has 1 aromatic carbocycles. The van der Waals surface area contributed by atoms with Crippen LogP contribution in [0.15, 0.2) is 24.3 Å². The van der Waals surface area contributed by atoms with Crippen molar-refractivity contribution in [3.05, 3.63) is 52.2 Å². The van der Waals surface area contributed by atoms with Crippen LogP contribution in [0.3, 0.4) is 0 Å². The maximum Gasteiger partial charge on any atom is 0.418 e. The van der Waals surface area contributed by atoms with Gasteiger partial charge in [0.2, 0.25) is 0 Å². The van der Waals surface area contributed by atoms with Crippen LogP contribution in [0.25, 0.3) is 0 Å². The van der Waals surface area contributed by atoms with Gasteiger partial charge in [-0.3, -0.25) is 9.69 Å². The van der Waals surface area contributed by atoms with Crippen molar-refractivity contribution in [2.75, 3.05) is 23.4 Å². The molecule has 0 spiro atoms. The normalized spacial score (nSPS) is 16.3. The van der Waals surface area contributed by atoms with E-state index in [0.29, 0.717) is 20.8 Å². The highest BCUT2D eigenvalue weighted by Gasteiger charge is 2.49. The highest BCUT2D eigenvalue weighted by molar-refractivity contribution is 6.31. The number of hydrogen-bond donors (Lipinski definition) is 0. The standard InChI is InChI=1S/C23H22ClF5N4O4/c1-11-8-12(23(27,28)29)9-16(30-11)33-15(10-32(20(33)35)21(36)37-22(2,3)4)19(34)31(5)14-7-6-13(25)17(24)18(14)26/h6-9,15H,10H2,1-5H3. The van der Waals surface area contributed by atoms with Crippen molar-refractivity contribution in [1.82, 2.24) is 9.88 Å². The average Bonchev–Trinajstić information content (AvgIpc) is 3.11. The van der Waals surface area contributed by atoms with Crippen molar-refractivity contribution in [3.8, 4) is 0 Å². The second kappa shape index (κ2) is 9.77. The Bertz CT molecular complexity index is 1260. The zero-order valence-corrected chi connectivity index (χ0v) is 21.0. The minimum absolute atomic E-state index is 0.121. The summed E-state index contributed by atoms with van der Waals surface area (Å²) >= 11 is 5.60. The number of anilines is 2. The van der Waals surface area contributed by atoms with Crippen molar-refractivity contribution in [2.45, 2.75) is 45.5 Å². The lowest BCUT2D eigenvalue weighted by Crippen LogP contribution is -2.47. The number of urea groups is 1. The number of carbonyl (C=O) groups excluding carboxylic acids is 3. The number of imide groups is 1. The Balaban J connectivity index is 2.10. The largest absolute Gasteiger partial charge is 0.443 e. The number of hydrogen-bond acceptors (Lipinski definition) is 5. The number of halogens is 6. The molecule has 200 valence electrons. The van der Waals surface area contributed by atoms with Crippen LogP contribution in [0.4, 0.5) is 43.0 Å². The van der Waals surface area contributed by atoms with E-state index in [0.717, 1.165) is 25.2 Å². The number of aromatic nitrogens is 1. The van der Waals surface area contributed by atoms with Crippen molar-refractivity contribution in [3.63, 3.8) is 0 Å². The average molecular weight is 549 g/mol. The molecule has 37 heavy (non-hydrogen) atoms. The van der Waals surface area contributed by atoms with Gasteiger partial charge in [-0.1, -0.05) is 11.6 Å². The van der Waals surface area contributed by atoms with Gasteiger partial charge in [0.25, 0.3) is 5.91 Å². The van der Waals surface area contributed by atoms with E-state index in [1.54, 1.807) is 0 Å². The molecule has 2 aromatic rings. The van der Waals surface area contributed by atoms with Gasteiger partial charge in [-0.05, 0) is 52.0 Å². The molecule has 1 aromatic heterocycles. The minimum Gasteiger partial charge on any atom is -0.443 e. The number of rotatable bonds is 3. The van der Waals surface area contributed by atoms with Crippen molar-refractivity contribution >= 4 is 41.1 Å². The summed E-state index contributed by atoms with van der Waals surface area (Å²) in [4.78, 5) is 45.2. The van der Waals surface area contributed by atoms with Crippen molar-refractivity contribution in [1.29, 1.82) is 0 Å². The Morgan fingerprint density at radius 1 is 1.16 bits per heavy atom. The van der Waals surface area contributed by atoms with Crippen LogP contribution in [0, 0.1) is 18.6 Å². The van der Waals surface area contributed by atoms with Gasteiger partial charge < -0.3 is 9.64 Å². The highest BCUT2D eigenvalue weighted by Crippen LogP contribution is 2.35. The van der Waals surface area contributed by atoms with Gasteiger partial charge in [0, 0.05) is 12.7 Å². The molecule has 1 atom stereocenters. The fraction of sp³-hybridized carbons (Fsp3) is 0.391. The maximum atomic E-state index is 14.6. The first-order valence-electron chi connectivity index (χ1n) is 10.7. The molecule has 8 nitrogen and oxygen atoms in total. The quantitative estimate of drug-likeness (QED) is 0.371. The topological polar surface area (TPSA) is 83.1 Å². The summed E-state index contributed by atoms with van der Waals surface area (Å²) in [6.45, 7) is 5.18. The number of benzene rings is 1. The van der Waals surface area contributed by atoms with E-state index in [2.05, 4.69) is 4.98 Å². The number of aryl methyl sites for hydroxylation is 1. The predicted octanol–water partition coefficient (Wildman–Crippen LogP) is 5.55. The van der Waals surface area contributed by atoms with Gasteiger partial charge in [0.1, 0.15) is 28.3 Å². The Hall–Kier alpha value is -3.48. The molecule has 1 saturated heterocycles. The molecule has 14 heteroatoms. The summed E-state index contributed by atoms with van der Waals surface area (Å²) in [5, 5.41) is -0.887. The lowest BCUT2D eigenvalue weighted by atomic mass is 10.1. The smallest absolute Gasteiger partial charge is 0.418 e. The van der Waals surface area contributed by atoms with Gasteiger partial charge in [-0.15, -0.1) is 0 Å². The number of pyridine rings is 1. The summed E-state index contributed by atoms with van der Waals surface area (Å²) in [6.07, 6.45) is -5.96. The fourth-order valence-corrected chi connectivity index (χ4v) is 3.73. The summed E-state index contributed by atoms with van der Waals surface area (Å²) in [7, 11) is 1.10. The van der Waals surface area contributed by atoms with E-state index >= 15 is 0 Å². The van der Waals surface area contributed by atoms with Crippen LogP contribution in [-0.2, 0) is 15.7 Å². The molecule has 1 aliphatic rings. The van der Waals surface area contributed by atoms with Gasteiger partial charge in [0.15, 0.2) is 5.82 Å². The summed E-state index contributed by atoms with van der Waals surface area (Å²) in [5.74, 6) is -3.93. The molecule has 0 bridgehead atoms. The third kappa shape index (κ3) is 5.76. The fourth-order valence-electron chi connectivity index (χ4n) is 3.57. The van der Waals surface area contributed by atoms with E-state index in [9.17, 15) is 36.3 Å². The van der Waals surface area contributed by atoms with Gasteiger partial charge in [0.05, 0.1) is 17.8 Å². The third-order valence-corrected chi connectivity index (χ3v) is 5.57. The minimum atomic E-state index is -4.81. The molecule has 1 fully saturated rings. The molecule has 0 N–H and O–H groups in total. The van der Waals surface area contributed by atoms with Gasteiger partial charge in [-0.25, -0.2) is 28.3 Å². The number of nitrogens with zero attached hydrogens (tertiary/aromatic N) is 4. The molecule has 3 rings (SSSR count). The summed E-state index contributed by atoms with van der Waals surface area (Å²) in [6, 6.07) is 0.224. The zero-order chi connectivity index (χ0) is 28.0. The molecular formula is C23H22ClF5N4O4. The molecule has 0 aliphatic carbocycles. The summed E-state index contributed by atoms with van der Waals surface area (Å²) in [5.41, 5.74) is -2.77. The lowest BCUT2D eigenvalue weighted by molar-refractivity contribution is -0.137. The molecule has 0 saturated carbocycles. The monoisotopic (exact) mass is 548 g/mol. The third-order valence-electron chi connectivity index (χ3n) is 5.22. The molecule has 1 aliphatic heterocycles. The Morgan fingerprint density at radius 3 is 2.35 bits per heavy atom. The van der Waals surface area contributed by atoms with Crippen molar-refractivity contribution in [2.24, 2.45) is 0 Å². The number of ether oxygens (including phenoxy) is 1. The van der Waals surface area contributed by atoms with Crippen LogP contribution in [0.5, 0.6) is 0 Å². The molecule has 2 heterocycles. The highest BCUT2D eigenvalue weighted by atomic mass is 35.5. The van der Waals surface area contributed by atoms with E-state index in [4.69, 9.17) is 16.3 Å². The van der Waals surface area contributed by atoms with Gasteiger partial charge >= 0.3 is 18.3 Å². The first kappa shape index (κ1) is 28.1. The van der Waals surface area contributed by atoms with Crippen LogP contribution in [-0.4, -0.2) is 53.2 Å². The van der Waals surface area contributed by atoms with Crippen LogP contribution < -0.4 is 9.80 Å². The molecular weight excluding hydrogens is 527 g/mol. The number of alkyl halides is 3. The predicted molar refractivity (Wildman–Crippen MR) is 123 cm³/mol. The van der Waals surface area contributed by atoms with Crippen LogP contribution >= 0.6 is 11.6 Å². The zero-order valence-electron chi connectivity index (χ0n) is 20.3. The maximum absolute atomic E-state index is 14.6. The number of likely N-dealkylation sites (N-methyl/N-ethyl adjacent to an activating group) is 1. The van der Waals surface area contributed by atoms with E-state index in [1.807, 2.05) is 0 Å². The summed E-state index contributed by atoms with van der Waals surface area (Å²) < 4.78 is 73.8. The Labute approximate surface area is 213 Å². The second-order valence-electron chi connectivity index (χ2n) is 9.20. The molecule has 1 unspecified atom stereocenters. The Morgan fingerprint density at radius 2 is 1.78 bits per heavy atom. The molecule has 0 radical (unpaired) electrons. The van der Waals surface area contributed by atoms with E-state index < -0.39 is 76.1 Å². The van der Waals surface area contributed by atoms with Crippen LogP contribution in [0.2, 0.25) is 5.02 Å².